The van der Waals surface area contributed by atoms with Gasteiger partial charge in [0.15, 0.2) is 0 Å². The molecule has 0 saturated heterocycles. The van der Waals surface area contributed by atoms with Crippen molar-refractivity contribution in [3.63, 3.8) is 0 Å². The molecule has 2 rings (SSSR count). The molecule has 0 aliphatic heterocycles. The molecule has 0 aliphatic rings. The summed E-state index contributed by atoms with van der Waals surface area (Å²) in [5, 5.41) is 1.20. The number of alkyl halides is 1. The summed E-state index contributed by atoms with van der Waals surface area (Å²) < 4.78 is 1.77. The molecule has 1 aromatic heterocycles. The van der Waals surface area contributed by atoms with Crippen molar-refractivity contribution in [3.8, 4) is 11.3 Å². The molecule has 2 nitrogen and oxygen atoms in total. The summed E-state index contributed by atoms with van der Waals surface area (Å²) in [6.07, 6.45) is 3.50. The van der Waals surface area contributed by atoms with E-state index in [9.17, 15) is 0 Å². The fourth-order valence-electron chi connectivity index (χ4n) is 1.26. The molecule has 0 unspecified atom stereocenters. The smallest absolute Gasteiger partial charge is 0.0981 e. The minimum Gasteiger partial charge on any atom is -0.323 e. The highest BCUT2D eigenvalue weighted by molar-refractivity contribution is 6.36. The molecule has 5 heteroatoms. The topological polar surface area (TPSA) is 17.8 Å². The number of imidazole rings is 1. The van der Waals surface area contributed by atoms with E-state index in [4.69, 9.17) is 34.8 Å². The average Bonchev–Trinajstić information content (AvgIpc) is 2.66. The molecule has 0 spiro atoms. The van der Waals surface area contributed by atoms with Crippen molar-refractivity contribution in [3.05, 3.63) is 40.8 Å². The molecule has 0 fully saturated rings. The number of nitrogens with zero attached hydrogens (tertiary/aromatic N) is 2. The van der Waals surface area contributed by atoms with Gasteiger partial charge in [-0.3, -0.25) is 0 Å². The van der Waals surface area contributed by atoms with Gasteiger partial charge in [0.2, 0.25) is 0 Å². The van der Waals surface area contributed by atoms with Crippen molar-refractivity contribution in [2.45, 2.75) is 6.00 Å². The Bertz CT molecular complexity index is 479. The van der Waals surface area contributed by atoms with E-state index in [2.05, 4.69) is 4.98 Å². The molecule has 0 bridgehead atoms. The van der Waals surface area contributed by atoms with Gasteiger partial charge < -0.3 is 4.57 Å². The first kappa shape index (κ1) is 10.8. The molecule has 1 aromatic carbocycles. The zero-order chi connectivity index (χ0) is 10.8. The standard InChI is InChI=1S/C10H7Cl3N2/c11-5-15-4-10(14-6-15)8-2-1-7(12)3-9(8)13/h1-4,6H,5H2. The monoisotopic (exact) mass is 260 g/mol. The number of benzene rings is 1. The second-order valence-corrected chi connectivity index (χ2v) is 4.10. The van der Waals surface area contributed by atoms with Gasteiger partial charge >= 0.3 is 0 Å². The summed E-state index contributed by atoms with van der Waals surface area (Å²) in [4.78, 5) is 4.20. The number of halogens is 3. The Balaban J connectivity index is 2.44. The summed E-state index contributed by atoms with van der Waals surface area (Å²) in [6.45, 7) is 0. The van der Waals surface area contributed by atoms with Crippen LogP contribution in [0.2, 0.25) is 10.0 Å². The zero-order valence-electron chi connectivity index (χ0n) is 7.62. The van der Waals surface area contributed by atoms with Gasteiger partial charge in [0.1, 0.15) is 0 Å². The lowest BCUT2D eigenvalue weighted by molar-refractivity contribution is 0.881. The minimum atomic E-state index is 0.373. The largest absolute Gasteiger partial charge is 0.323 e. The second kappa shape index (κ2) is 4.44. The average molecular weight is 262 g/mol. The number of rotatable bonds is 2. The second-order valence-electron chi connectivity index (χ2n) is 3.02. The predicted octanol–water partition coefficient (Wildman–Crippen LogP) is 4.05. The molecule has 0 radical (unpaired) electrons. The molecule has 78 valence electrons. The molecule has 0 N–H and O–H groups in total. The maximum absolute atomic E-state index is 6.05. The first-order valence-electron chi connectivity index (χ1n) is 4.24. The molecule has 1 heterocycles. The molecular weight excluding hydrogens is 254 g/mol. The van der Waals surface area contributed by atoms with Gasteiger partial charge in [0.05, 0.1) is 23.0 Å². The Hall–Kier alpha value is -0.700. The van der Waals surface area contributed by atoms with E-state index in [1.54, 1.807) is 23.0 Å². The van der Waals surface area contributed by atoms with Crippen molar-refractivity contribution in [1.82, 2.24) is 9.55 Å². The summed E-state index contributed by atoms with van der Waals surface area (Å²) >= 11 is 17.5. The minimum absolute atomic E-state index is 0.373. The van der Waals surface area contributed by atoms with Crippen LogP contribution in [0.1, 0.15) is 0 Å². The Morgan fingerprint density at radius 2 is 2.07 bits per heavy atom. The highest BCUT2D eigenvalue weighted by Crippen LogP contribution is 2.28. The van der Waals surface area contributed by atoms with E-state index in [0.717, 1.165) is 11.3 Å². The van der Waals surface area contributed by atoms with E-state index in [0.29, 0.717) is 16.0 Å². The molecule has 15 heavy (non-hydrogen) atoms. The Morgan fingerprint density at radius 1 is 1.27 bits per heavy atom. The van der Waals surface area contributed by atoms with Gasteiger partial charge in [-0.05, 0) is 18.2 Å². The fourth-order valence-corrected chi connectivity index (χ4v) is 1.90. The maximum Gasteiger partial charge on any atom is 0.0981 e. The Labute approximate surface area is 102 Å². The third kappa shape index (κ3) is 2.28. The SMILES string of the molecule is ClCn1cnc(-c2ccc(Cl)cc2Cl)c1. The van der Waals surface area contributed by atoms with Crippen LogP contribution in [0.3, 0.4) is 0 Å². The van der Waals surface area contributed by atoms with Gasteiger partial charge in [-0.2, -0.15) is 0 Å². The molecule has 0 aliphatic carbocycles. The van der Waals surface area contributed by atoms with Crippen LogP contribution < -0.4 is 0 Å². The lowest BCUT2D eigenvalue weighted by Crippen LogP contribution is -1.84. The molecule has 0 saturated carbocycles. The van der Waals surface area contributed by atoms with Gasteiger partial charge in [-0.15, -0.1) is 11.6 Å². The number of hydrogen-bond acceptors (Lipinski definition) is 1. The van der Waals surface area contributed by atoms with E-state index in [-0.39, 0.29) is 0 Å². The quantitative estimate of drug-likeness (QED) is 0.746. The first-order chi connectivity index (χ1) is 7.20. The number of aromatic nitrogens is 2. The fraction of sp³-hybridized carbons (Fsp3) is 0.100. The van der Waals surface area contributed by atoms with Crippen LogP contribution in [0.5, 0.6) is 0 Å². The van der Waals surface area contributed by atoms with Crippen LogP contribution in [-0.2, 0) is 6.00 Å². The van der Waals surface area contributed by atoms with Crippen LogP contribution in [0.4, 0.5) is 0 Å². The van der Waals surface area contributed by atoms with E-state index < -0.39 is 0 Å². The van der Waals surface area contributed by atoms with Gasteiger partial charge in [0.25, 0.3) is 0 Å². The molecular formula is C10H7Cl3N2. The Morgan fingerprint density at radius 3 is 2.67 bits per heavy atom. The maximum atomic E-state index is 6.05. The molecule has 0 atom stereocenters. The van der Waals surface area contributed by atoms with Crippen LogP contribution >= 0.6 is 34.8 Å². The third-order valence-electron chi connectivity index (χ3n) is 1.98. The van der Waals surface area contributed by atoms with Gasteiger partial charge in [0, 0.05) is 16.8 Å². The lowest BCUT2D eigenvalue weighted by Gasteiger charge is -2.00. The highest BCUT2D eigenvalue weighted by Gasteiger charge is 2.06. The highest BCUT2D eigenvalue weighted by atomic mass is 35.5. The summed E-state index contributed by atoms with van der Waals surface area (Å²) in [7, 11) is 0. The van der Waals surface area contributed by atoms with Crippen molar-refractivity contribution in [2.24, 2.45) is 0 Å². The number of hydrogen-bond donors (Lipinski definition) is 0. The summed E-state index contributed by atoms with van der Waals surface area (Å²) in [5.74, 6) is 0. The van der Waals surface area contributed by atoms with Crippen LogP contribution in [0.25, 0.3) is 11.3 Å². The molecule has 2 aromatic rings. The van der Waals surface area contributed by atoms with Crippen molar-refractivity contribution >= 4 is 34.8 Å². The van der Waals surface area contributed by atoms with E-state index >= 15 is 0 Å². The summed E-state index contributed by atoms with van der Waals surface area (Å²) in [5.41, 5.74) is 1.64. The van der Waals surface area contributed by atoms with Crippen molar-refractivity contribution in [1.29, 1.82) is 0 Å². The van der Waals surface area contributed by atoms with Crippen molar-refractivity contribution in [2.75, 3.05) is 0 Å². The Kier molecular flexibility index (Phi) is 3.19. The lowest BCUT2D eigenvalue weighted by atomic mass is 10.2. The van der Waals surface area contributed by atoms with Gasteiger partial charge in [-0.25, -0.2) is 4.98 Å². The van der Waals surface area contributed by atoms with E-state index in [1.165, 1.54) is 0 Å². The predicted molar refractivity (Wildman–Crippen MR) is 63.5 cm³/mol. The van der Waals surface area contributed by atoms with Crippen LogP contribution in [-0.4, -0.2) is 9.55 Å². The van der Waals surface area contributed by atoms with E-state index in [1.807, 2.05) is 12.3 Å². The van der Waals surface area contributed by atoms with Gasteiger partial charge in [-0.1, -0.05) is 23.2 Å². The zero-order valence-corrected chi connectivity index (χ0v) is 9.89. The van der Waals surface area contributed by atoms with Crippen LogP contribution in [0.15, 0.2) is 30.7 Å². The normalized spacial score (nSPS) is 10.6. The van der Waals surface area contributed by atoms with Crippen molar-refractivity contribution < 1.29 is 0 Å². The third-order valence-corrected chi connectivity index (χ3v) is 2.80. The summed E-state index contributed by atoms with van der Waals surface area (Å²) in [6, 6.07) is 5.68. The van der Waals surface area contributed by atoms with Crippen LogP contribution in [0, 0.1) is 0 Å². The first-order valence-corrected chi connectivity index (χ1v) is 5.53. The molecule has 0 amide bonds.